The maximum atomic E-state index is 12.7. The summed E-state index contributed by atoms with van der Waals surface area (Å²) in [6.45, 7) is -0.317. The second kappa shape index (κ2) is 3.66. The van der Waals surface area contributed by atoms with Crippen molar-refractivity contribution in [3.8, 4) is 0 Å². The molecule has 0 aliphatic heterocycles. The number of carbonyl (C=O) groups is 1. The molecule has 0 saturated carbocycles. The first-order valence-electron chi connectivity index (χ1n) is 3.26. The van der Waals surface area contributed by atoms with Crippen molar-refractivity contribution in [2.75, 3.05) is 11.9 Å². The SMILES string of the molecule is O=C(O)CNc1cccnc1F. The van der Waals surface area contributed by atoms with Gasteiger partial charge in [0.05, 0.1) is 5.69 Å². The van der Waals surface area contributed by atoms with Crippen molar-refractivity contribution in [3.05, 3.63) is 24.3 Å². The summed E-state index contributed by atoms with van der Waals surface area (Å²) in [6.07, 6.45) is 1.29. The van der Waals surface area contributed by atoms with Crippen molar-refractivity contribution in [3.63, 3.8) is 0 Å². The normalized spacial score (nSPS) is 9.42. The fraction of sp³-hybridized carbons (Fsp3) is 0.143. The zero-order valence-electron chi connectivity index (χ0n) is 6.12. The van der Waals surface area contributed by atoms with E-state index in [9.17, 15) is 9.18 Å². The Kier molecular flexibility index (Phi) is 2.57. The van der Waals surface area contributed by atoms with Gasteiger partial charge in [0.15, 0.2) is 0 Å². The second-order valence-corrected chi connectivity index (χ2v) is 2.09. The first-order valence-corrected chi connectivity index (χ1v) is 3.26. The van der Waals surface area contributed by atoms with Crippen molar-refractivity contribution in [1.29, 1.82) is 0 Å². The van der Waals surface area contributed by atoms with Crippen molar-refractivity contribution in [2.45, 2.75) is 0 Å². The van der Waals surface area contributed by atoms with E-state index in [2.05, 4.69) is 10.3 Å². The number of hydrogen-bond donors (Lipinski definition) is 2. The van der Waals surface area contributed by atoms with Crippen LogP contribution in [0.15, 0.2) is 18.3 Å². The van der Waals surface area contributed by atoms with Crippen LogP contribution in [0.5, 0.6) is 0 Å². The molecule has 1 rings (SSSR count). The molecule has 0 radical (unpaired) electrons. The number of nitrogens with one attached hydrogen (secondary N) is 1. The summed E-state index contributed by atoms with van der Waals surface area (Å²) in [5.41, 5.74) is 0.0971. The van der Waals surface area contributed by atoms with E-state index in [0.29, 0.717) is 0 Å². The molecule has 0 fully saturated rings. The van der Waals surface area contributed by atoms with Crippen LogP contribution >= 0.6 is 0 Å². The van der Waals surface area contributed by atoms with Crippen molar-refractivity contribution in [1.82, 2.24) is 4.98 Å². The molecule has 1 aromatic rings. The van der Waals surface area contributed by atoms with Gasteiger partial charge in [-0.3, -0.25) is 4.79 Å². The van der Waals surface area contributed by atoms with Gasteiger partial charge < -0.3 is 10.4 Å². The standard InChI is InChI=1S/C7H7FN2O2/c8-7-5(2-1-3-9-7)10-4-6(11)12/h1-3,10H,4H2,(H,11,12). The smallest absolute Gasteiger partial charge is 0.322 e. The van der Waals surface area contributed by atoms with Gasteiger partial charge >= 0.3 is 5.97 Å². The molecule has 0 spiro atoms. The maximum Gasteiger partial charge on any atom is 0.322 e. The van der Waals surface area contributed by atoms with Gasteiger partial charge in [-0.25, -0.2) is 4.98 Å². The quantitative estimate of drug-likeness (QED) is 0.656. The number of halogens is 1. The Bertz CT molecular complexity index is 290. The number of aromatic nitrogens is 1. The summed E-state index contributed by atoms with van der Waals surface area (Å²) in [5.74, 6) is -1.74. The Labute approximate surface area is 68.1 Å². The van der Waals surface area contributed by atoms with Gasteiger partial charge in [-0.15, -0.1) is 0 Å². The maximum absolute atomic E-state index is 12.7. The third-order valence-corrected chi connectivity index (χ3v) is 1.19. The summed E-state index contributed by atoms with van der Waals surface area (Å²) in [6, 6.07) is 2.94. The van der Waals surface area contributed by atoms with Crippen molar-refractivity contribution < 1.29 is 14.3 Å². The molecule has 0 aliphatic carbocycles. The first kappa shape index (κ1) is 8.45. The number of rotatable bonds is 3. The van der Waals surface area contributed by atoms with E-state index in [1.807, 2.05) is 0 Å². The van der Waals surface area contributed by atoms with Crippen LogP contribution in [-0.4, -0.2) is 22.6 Å². The van der Waals surface area contributed by atoms with E-state index in [-0.39, 0.29) is 12.2 Å². The third-order valence-electron chi connectivity index (χ3n) is 1.19. The first-order chi connectivity index (χ1) is 5.70. The highest BCUT2D eigenvalue weighted by atomic mass is 19.1. The lowest BCUT2D eigenvalue weighted by atomic mass is 10.4. The minimum atomic E-state index is -1.04. The molecule has 0 atom stereocenters. The molecular weight excluding hydrogens is 163 g/mol. The molecule has 64 valence electrons. The second-order valence-electron chi connectivity index (χ2n) is 2.09. The highest BCUT2D eigenvalue weighted by Gasteiger charge is 2.02. The lowest BCUT2D eigenvalue weighted by Gasteiger charge is -2.01. The van der Waals surface area contributed by atoms with Crippen LogP contribution in [0.25, 0.3) is 0 Å². The monoisotopic (exact) mass is 170 g/mol. The number of nitrogens with zero attached hydrogens (tertiary/aromatic N) is 1. The third kappa shape index (κ3) is 2.19. The Morgan fingerprint density at radius 3 is 3.08 bits per heavy atom. The average molecular weight is 170 g/mol. The van der Waals surface area contributed by atoms with E-state index >= 15 is 0 Å². The number of carboxylic acids is 1. The minimum absolute atomic E-state index is 0.0971. The molecule has 12 heavy (non-hydrogen) atoms. The van der Waals surface area contributed by atoms with Gasteiger partial charge in [0.2, 0.25) is 5.95 Å². The van der Waals surface area contributed by atoms with Crippen molar-refractivity contribution >= 4 is 11.7 Å². The molecule has 5 heteroatoms. The van der Waals surface area contributed by atoms with Gasteiger partial charge in [0, 0.05) is 6.20 Å². The fourth-order valence-corrected chi connectivity index (χ4v) is 0.689. The van der Waals surface area contributed by atoms with Gasteiger partial charge in [0.1, 0.15) is 6.54 Å². The van der Waals surface area contributed by atoms with Gasteiger partial charge in [0.25, 0.3) is 0 Å². The van der Waals surface area contributed by atoms with Gasteiger partial charge in [-0.05, 0) is 12.1 Å². The summed E-state index contributed by atoms with van der Waals surface area (Å²) in [7, 11) is 0. The molecule has 4 nitrogen and oxygen atoms in total. The van der Waals surface area contributed by atoms with Crippen LogP contribution in [0.1, 0.15) is 0 Å². The summed E-state index contributed by atoms with van der Waals surface area (Å²) >= 11 is 0. The molecule has 1 heterocycles. The molecule has 1 aromatic heterocycles. The van der Waals surface area contributed by atoms with Crippen LogP contribution in [0, 0.1) is 5.95 Å². The summed E-state index contributed by atoms with van der Waals surface area (Å²) in [4.78, 5) is 13.4. The molecule has 0 bridgehead atoms. The molecular formula is C7H7FN2O2. The topological polar surface area (TPSA) is 62.2 Å². The lowest BCUT2D eigenvalue weighted by Crippen LogP contribution is -2.13. The van der Waals surface area contributed by atoms with E-state index in [4.69, 9.17) is 5.11 Å². The molecule has 0 saturated heterocycles. The number of pyridine rings is 1. The molecule has 0 amide bonds. The fourth-order valence-electron chi connectivity index (χ4n) is 0.689. The van der Waals surface area contributed by atoms with Crippen LogP contribution in [0.3, 0.4) is 0 Å². The van der Waals surface area contributed by atoms with E-state index in [1.165, 1.54) is 18.3 Å². The van der Waals surface area contributed by atoms with E-state index in [1.54, 1.807) is 0 Å². The predicted octanol–water partition coefficient (Wildman–Crippen LogP) is 0.717. The highest BCUT2D eigenvalue weighted by molar-refractivity contribution is 5.72. The Morgan fingerprint density at radius 1 is 1.75 bits per heavy atom. The largest absolute Gasteiger partial charge is 0.480 e. The highest BCUT2D eigenvalue weighted by Crippen LogP contribution is 2.08. The molecule has 2 N–H and O–H groups in total. The van der Waals surface area contributed by atoms with E-state index < -0.39 is 11.9 Å². The number of anilines is 1. The van der Waals surface area contributed by atoms with Crippen molar-refractivity contribution in [2.24, 2.45) is 0 Å². The Hall–Kier alpha value is -1.65. The average Bonchev–Trinajstić information content (AvgIpc) is 2.03. The van der Waals surface area contributed by atoms with Gasteiger partial charge in [-0.1, -0.05) is 0 Å². The number of aliphatic carboxylic acids is 1. The van der Waals surface area contributed by atoms with Crippen LogP contribution < -0.4 is 5.32 Å². The molecule has 0 aromatic carbocycles. The van der Waals surface area contributed by atoms with Crippen LogP contribution in [0.2, 0.25) is 0 Å². The number of carboxylic acid groups (broad SMARTS) is 1. The lowest BCUT2D eigenvalue weighted by molar-refractivity contribution is -0.134. The molecule has 0 unspecified atom stereocenters. The zero-order chi connectivity index (χ0) is 8.97. The molecule has 0 aliphatic rings. The Morgan fingerprint density at radius 2 is 2.50 bits per heavy atom. The summed E-state index contributed by atoms with van der Waals surface area (Å²) in [5, 5.41) is 10.6. The van der Waals surface area contributed by atoms with Crippen LogP contribution in [-0.2, 0) is 4.79 Å². The summed E-state index contributed by atoms with van der Waals surface area (Å²) < 4.78 is 12.7. The predicted molar refractivity (Wildman–Crippen MR) is 40.3 cm³/mol. The number of hydrogen-bond acceptors (Lipinski definition) is 3. The minimum Gasteiger partial charge on any atom is -0.480 e. The van der Waals surface area contributed by atoms with E-state index in [0.717, 1.165) is 0 Å². The van der Waals surface area contributed by atoms with Crippen LogP contribution in [0.4, 0.5) is 10.1 Å². The van der Waals surface area contributed by atoms with Gasteiger partial charge in [-0.2, -0.15) is 4.39 Å². The zero-order valence-corrected chi connectivity index (χ0v) is 6.12. The Balaban J connectivity index is 2.63.